The van der Waals surface area contributed by atoms with E-state index in [-0.39, 0.29) is 5.91 Å². The molecule has 3 aromatic rings. The summed E-state index contributed by atoms with van der Waals surface area (Å²) in [5.74, 6) is 0.673. The molecule has 0 saturated heterocycles. The molecule has 0 aliphatic heterocycles. The number of hydrazone groups is 1. The molecule has 27 heavy (non-hydrogen) atoms. The van der Waals surface area contributed by atoms with E-state index in [2.05, 4.69) is 26.1 Å². The Labute approximate surface area is 155 Å². The zero-order valence-electron chi connectivity index (χ0n) is 15.1. The molecular weight excluding hydrogens is 348 g/mol. The summed E-state index contributed by atoms with van der Waals surface area (Å²) in [6.45, 7) is 1.80. The Morgan fingerprint density at radius 3 is 2.44 bits per heavy atom. The number of hydrogen-bond donors (Lipinski definition) is 1. The Bertz CT molecular complexity index is 947. The van der Waals surface area contributed by atoms with Gasteiger partial charge in [-0.1, -0.05) is 12.1 Å². The minimum Gasteiger partial charge on any atom is -0.497 e. The van der Waals surface area contributed by atoms with Gasteiger partial charge in [0.05, 0.1) is 25.6 Å². The molecule has 9 nitrogen and oxygen atoms in total. The molecule has 1 N–H and O–H groups in total. The third-order valence-electron chi connectivity index (χ3n) is 3.82. The van der Waals surface area contributed by atoms with Gasteiger partial charge in [-0.05, 0) is 47.2 Å². The summed E-state index contributed by atoms with van der Waals surface area (Å²) in [5.41, 5.74) is 5.17. The zero-order valence-corrected chi connectivity index (χ0v) is 15.1. The van der Waals surface area contributed by atoms with Crippen molar-refractivity contribution >= 4 is 11.6 Å². The van der Waals surface area contributed by atoms with Crippen molar-refractivity contribution in [2.24, 2.45) is 5.10 Å². The predicted octanol–water partition coefficient (Wildman–Crippen LogP) is 1.83. The largest absolute Gasteiger partial charge is 0.497 e. The number of tetrazole rings is 1. The molecule has 0 radical (unpaired) electrons. The lowest BCUT2D eigenvalue weighted by Gasteiger charge is -2.08. The lowest BCUT2D eigenvalue weighted by molar-refractivity contribution is 0.0954. The summed E-state index contributed by atoms with van der Waals surface area (Å²) >= 11 is 0. The van der Waals surface area contributed by atoms with Crippen LogP contribution in [0.3, 0.4) is 0 Å². The SMILES string of the molecule is COc1cc(OC)cc(C(=O)N/N=C(\C)c2cccc(-n3cnnn3)c2)c1. The molecule has 0 atom stereocenters. The van der Waals surface area contributed by atoms with Gasteiger partial charge in [-0.15, -0.1) is 5.10 Å². The molecular formula is C18H18N6O3. The van der Waals surface area contributed by atoms with Gasteiger partial charge in [0.25, 0.3) is 5.91 Å². The van der Waals surface area contributed by atoms with Crippen molar-refractivity contribution in [1.29, 1.82) is 0 Å². The third-order valence-corrected chi connectivity index (χ3v) is 3.82. The van der Waals surface area contributed by atoms with Crippen LogP contribution in [0, 0.1) is 0 Å². The van der Waals surface area contributed by atoms with Crippen molar-refractivity contribution in [3.63, 3.8) is 0 Å². The van der Waals surface area contributed by atoms with Gasteiger partial charge in [-0.3, -0.25) is 4.79 Å². The number of hydrogen-bond acceptors (Lipinski definition) is 7. The second kappa shape index (κ2) is 8.09. The van der Waals surface area contributed by atoms with Crippen LogP contribution in [0.2, 0.25) is 0 Å². The molecule has 0 aliphatic rings. The van der Waals surface area contributed by atoms with E-state index in [1.54, 1.807) is 25.1 Å². The molecule has 1 aromatic heterocycles. The standard InChI is InChI=1S/C18H18N6O3/c1-12(13-5-4-6-15(7-13)24-11-19-22-23-24)20-21-18(25)14-8-16(26-2)10-17(9-14)27-3/h4-11H,1-3H3,(H,21,25)/b20-12+. The van der Waals surface area contributed by atoms with E-state index in [0.29, 0.717) is 22.8 Å². The van der Waals surface area contributed by atoms with Crippen LogP contribution in [0.15, 0.2) is 53.9 Å². The highest BCUT2D eigenvalue weighted by molar-refractivity contribution is 6.01. The maximum atomic E-state index is 12.4. The Kier molecular flexibility index (Phi) is 5.41. The number of ether oxygens (including phenoxy) is 2. The summed E-state index contributed by atoms with van der Waals surface area (Å²) in [6.07, 6.45) is 1.50. The van der Waals surface area contributed by atoms with Crippen molar-refractivity contribution in [3.8, 4) is 17.2 Å². The van der Waals surface area contributed by atoms with E-state index in [4.69, 9.17) is 9.47 Å². The molecule has 1 heterocycles. The first-order valence-corrected chi connectivity index (χ1v) is 8.02. The van der Waals surface area contributed by atoms with Gasteiger partial charge in [-0.2, -0.15) is 5.10 Å². The van der Waals surface area contributed by atoms with Gasteiger partial charge in [0, 0.05) is 11.6 Å². The van der Waals surface area contributed by atoms with Crippen LogP contribution in [0.4, 0.5) is 0 Å². The highest BCUT2D eigenvalue weighted by atomic mass is 16.5. The van der Waals surface area contributed by atoms with Crippen LogP contribution in [0.1, 0.15) is 22.8 Å². The average Bonchev–Trinajstić information content (AvgIpc) is 3.26. The van der Waals surface area contributed by atoms with E-state index in [1.165, 1.54) is 25.2 Å². The van der Waals surface area contributed by atoms with E-state index in [0.717, 1.165) is 11.3 Å². The van der Waals surface area contributed by atoms with Crippen LogP contribution in [-0.4, -0.2) is 46.0 Å². The quantitative estimate of drug-likeness (QED) is 0.527. The molecule has 2 aromatic carbocycles. The number of benzene rings is 2. The van der Waals surface area contributed by atoms with Gasteiger partial charge < -0.3 is 9.47 Å². The number of nitrogens with zero attached hydrogens (tertiary/aromatic N) is 5. The number of carbonyl (C=O) groups excluding carboxylic acids is 1. The highest BCUT2D eigenvalue weighted by Crippen LogP contribution is 2.22. The van der Waals surface area contributed by atoms with Crippen molar-refractivity contribution in [2.75, 3.05) is 14.2 Å². The fourth-order valence-electron chi connectivity index (χ4n) is 2.36. The first kappa shape index (κ1) is 18.1. The van der Waals surface area contributed by atoms with Crippen LogP contribution in [0.25, 0.3) is 5.69 Å². The minimum atomic E-state index is -0.372. The predicted molar refractivity (Wildman–Crippen MR) is 98.4 cm³/mol. The van der Waals surface area contributed by atoms with Crippen molar-refractivity contribution in [2.45, 2.75) is 6.92 Å². The molecule has 138 valence electrons. The lowest BCUT2D eigenvalue weighted by atomic mass is 10.1. The normalized spacial score (nSPS) is 11.1. The van der Waals surface area contributed by atoms with Gasteiger partial charge >= 0.3 is 0 Å². The maximum Gasteiger partial charge on any atom is 0.271 e. The van der Waals surface area contributed by atoms with Gasteiger partial charge in [0.15, 0.2) is 0 Å². The minimum absolute atomic E-state index is 0.372. The first-order valence-electron chi connectivity index (χ1n) is 8.02. The number of rotatable bonds is 6. The molecule has 0 fully saturated rings. The third kappa shape index (κ3) is 4.27. The van der Waals surface area contributed by atoms with Crippen LogP contribution in [-0.2, 0) is 0 Å². The van der Waals surface area contributed by atoms with Crippen LogP contribution >= 0.6 is 0 Å². The summed E-state index contributed by atoms with van der Waals surface area (Å²) in [6, 6.07) is 12.4. The molecule has 3 rings (SSSR count). The number of methoxy groups -OCH3 is 2. The number of nitrogens with one attached hydrogen (secondary N) is 1. The van der Waals surface area contributed by atoms with E-state index in [1.807, 2.05) is 24.3 Å². The fraction of sp³-hybridized carbons (Fsp3) is 0.167. The molecule has 0 aliphatic carbocycles. The number of amides is 1. The number of carbonyl (C=O) groups is 1. The Morgan fingerprint density at radius 2 is 1.81 bits per heavy atom. The molecule has 9 heteroatoms. The molecule has 0 spiro atoms. The summed E-state index contributed by atoms with van der Waals surface area (Å²) in [4.78, 5) is 12.4. The van der Waals surface area contributed by atoms with Gasteiger partial charge in [-0.25, -0.2) is 10.1 Å². The number of aromatic nitrogens is 4. The van der Waals surface area contributed by atoms with E-state index < -0.39 is 0 Å². The monoisotopic (exact) mass is 366 g/mol. The van der Waals surface area contributed by atoms with Crippen molar-refractivity contribution < 1.29 is 14.3 Å². The van der Waals surface area contributed by atoms with E-state index in [9.17, 15) is 4.79 Å². The Hall–Kier alpha value is -3.75. The maximum absolute atomic E-state index is 12.4. The Morgan fingerprint density at radius 1 is 1.07 bits per heavy atom. The molecule has 1 amide bonds. The van der Waals surface area contributed by atoms with Gasteiger partial charge in [0.1, 0.15) is 17.8 Å². The molecule has 0 unspecified atom stereocenters. The van der Waals surface area contributed by atoms with Crippen molar-refractivity contribution in [1.82, 2.24) is 25.6 Å². The second-order valence-corrected chi connectivity index (χ2v) is 5.54. The highest BCUT2D eigenvalue weighted by Gasteiger charge is 2.10. The van der Waals surface area contributed by atoms with Crippen LogP contribution < -0.4 is 14.9 Å². The van der Waals surface area contributed by atoms with Gasteiger partial charge in [0.2, 0.25) is 0 Å². The fourth-order valence-corrected chi connectivity index (χ4v) is 2.36. The average molecular weight is 366 g/mol. The summed E-state index contributed by atoms with van der Waals surface area (Å²) < 4.78 is 11.9. The summed E-state index contributed by atoms with van der Waals surface area (Å²) in [5, 5.41) is 15.3. The van der Waals surface area contributed by atoms with Crippen LogP contribution in [0.5, 0.6) is 11.5 Å². The molecule has 0 bridgehead atoms. The smallest absolute Gasteiger partial charge is 0.271 e. The second-order valence-electron chi connectivity index (χ2n) is 5.54. The van der Waals surface area contributed by atoms with E-state index >= 15 is 0 Å². The summed E-state index contributed by atoms with van der Waals surface area (Å²) in [7, 11) is 3.05. The zero-order chi connectivity index (χ0) is 19.2. The Balaban J connectivity index is 1.78. The molecule has 0 saturated carbocycles. The van der Waals surface area contributed by atoms with Crippen molar-refractivity contribution in [3.05, 3.63) is 59.9 Å². The first-order chi connectivity index (χ1) is 13.1. The topological polar surface area (TPSA) is 104 Å². The lowest BCUT2D eigenvalue weighted by Crippen LogP contribution is -2.19.